The minimum atomic E-state index is -0.917. The molecule has 2 atom stereocenters. The molecule has 0 heterocycles. The van der Waals surface area contributed by atoms with Gasteiger partial charge in [-0.3, -0.25) is 9.00 Å². The SMILES string of the molecule is CC(CS(C)=O)NC(=O)C1(C(N)=S)CCCC1. The predicted molar refractivity (Wildman–Crippen MR) is 74.2 cm³/mol. The van der Waals surface area contributed by atoms with Crippen molar-refractivity contribution in [2.75, 3.05) is 12.0 Å². The molecule has 1 rings (SSSR count). The Labute approximate surface area is 110 Å². The first-order valence-corrected chi connectivity index (χ1v) is 7.93. The van der Waals surface area contributed by atoms with Crippen LogP contribution in [0.4, 0.5) is 0 Å². The molecular formula is C11H20N2O2S2. The standard InChI is InChI=1S/C11H20N2O2S2/c1-8(7-17(2)15)13-10(14)11(9(12)16)5-3-4-6-11/h8H,3-7H2,1-2H3,(H2,12,16)(H,13,14). The molecule has 98 valence electrons. The molecule has 1 fully saturated rings. The second-order valence-electron chi connectivity index (χ2n) is 4.77. The lowest BCUT2D eigenvalue weighted by Crippen LogP contribution is -2.50. The van der Waals surface area contributed by atoms with Gasteiger partial charge >= 0.3 is 0 Å². The van der Waals surface area contributed by atoms with Crippen molar-refractivity contribution in [2.45, 2.75) is 38.6 Å². The fourth-order valence-electron chi connectivity index (χ4n) is 2.32. The summed E-state index contributed by atoms with van der Waals surface area (Å²) in [6.45, 7) is 1.85. The van der Waals surface area contributed by atoms with Crippen molar-refractivity contribution in [3.05, 3.63) is 0 Å². The molecule has 0 aromatic rings. The predicted octanol–water partition coefficient (Wildman–Crippen LogP) is 0.716. The van der Waals surface area contributed by atoms with Gasteiger partial charge in [-0.2, -0.15) is 0 Å². The first-order chi connectivity index (χ1) is 7.88. The van der Waals surface area contributed by atoms with Gasteiger partial charge in [-0.25, -0.2) is 0 Å². The van der Waals surface area contributed by atoms with E-state index in [2.05, 4.69) is 5.32 Å². The zero-order valence-corrected chi connectivity index (χ0v) is 12.0. The molecule has 0 aliphatic heterocycles. The molecule has 0 spiro atoms. The molecule has 0 aromatic carbocycles. The molecule has 0 aromatic heterocycles. The number of nitrogens with one attached hydrogen (secondary N) is 1. The van der Waals surface area contributed by atoms with Crippen molar-refractivity contribution in [3.8, 4) is 0 Å². The highest BCUT2D eigenvalue weighted by Crippen LogP contribution is 2.38. The zero-order valence-electron chi connectivity index (χ0n) is 10.3. The average molecular weight is 276 g/mol. The largest absolute Gasteiger partial charge is 0.392 e. The number of rotatable bonds is 5. The Morgan fingerprint density at radius 2 is 2.06 bits per heavy atom. The highest BCUT2D eigenvalue weighted by atomic mass is 32.2. The number of hydrogen-bond acceptors (Lipinski definition) is 3. The summed E-state index contributed by atoms with van der Waals surface area (Å²) in [6.07, 6.45) is 5.06. The number of thiocarbonyl (C=S) groups is 1. The maximum Gasteiger partial charge on any atom is 0.233 e. The van der Waals surface area contributed by atoms with Crippen LogP contribution in [0.2, 0.25) is 0 Å². The third kappa shape index (κ3) is 3.48. The Morgan fingerprint density at radius 3 is 2.47 bits per heavy atom. The van der Waals surface area contributed by atoms with Crippen LogP contribution < -0.4 is 11.1 Å². The van der Waals surface area contributed by atoms with Crippen LogP contribution in [0, 0.1) is 5.41 Å². The van der Waals surface area contributed by atoms with Gasteiger partial charge in [0.25, 0.3) is 0 Å². The lowest BCUT2D eigenvalue weighted by molar-refractivity contribution is -0.127. The number of carbonyl (C=O) groups is 1. The van der Waals surface area contributed by atoms with Crippen LogP contribution >= 0.6 is 12.2 Å². The molecule has 6 heteroatoms. The summed E-state index contributed by atoms with van der Waals surface area (Å²) in [7, 11) is -0.917. The lowest BCUT2D eigenvalue weighted by atomic mass is 9.85. The molecule has 1 saturated carbocycles. The van der Waals surface area contributed by atoms with E-state index in [1.54, 1.807) is 6.26 Å². The molecule has 0 bridgehead atoms. The van der Waals surface area contributed by atoms with E-state index in [1.165, 1.54) is 0 Å². The van der Waals surface area contributed by atoms with E-state index in [4.69, 9.17) is 18.0 Å². The summed E-state index contributed by atoms with van der Waals surface area (Å²) in [5.74, 6) is 0.361. The van der Waals surface area contributed by atoms with Crippen LogP contribution in [-0.2, 0) is 15.6 Å². The second kappa shape index (κ2) is 5.91. The van der Waals surface area contributed by atoms with Crippen molar-refractivity contribution >= 4 is 33.9 Å². The highest BCUT2D eigenvalue weighted by Gasteiger charge is 2.44. The van der Waals surface area contributed by atoms with Gasteiger partial charge in [0.2, 0.25) is 5.91 Å². The topological polar surface area (TPSA) is 72.2 Å². The molecule has 1 amide bonds. The molecule has 3 N–H and O–H groups in total. The maximum absolute atomic E-state index is 12.2. The summed E-state index contributed by atoms with van der Waals surface area (Å²) in [6, 6.07) is -0.111. The first-order valence-electron chi connectivity index (χ1n) is 5.79. The van der Waals surface area contributed by atoms with Crippen molar-refractivity contribution < 1.29 is 9.00 Å². The van der Waals surface area contributed by atoms with E-state index >= 15 is 0 Å². The van der Waals surface area contributed by atoms with Gasteiger partial charge in [-0.1, -0.05) is 25.1 Å². The van der Waals surface area contributed by atoms with E-state index in [0.29, 0.717) is 5.75 Å². The van der Waals surface area contributed by atoms with Crippen molar-refractivity contribution in [1.82, 2.24) is 5.32 Å². The Bertz CT molecular complexity index is 338. The summed E-state index contributed by atoms with van der Waals surface area (Å²) < 4.78 is 11.1. The number of carbonyl (C=O) groups excluding carboxylic acids is 1. The van der Waals surface area contributed by atoms with Crippen molar-refractivity contribution in [3.63, 3.8) is 0 Å². The normalized spacial score (nSPS) is 21.8. The quantitative estimate of drug-likeness (QED) is 0.726. The number of hydrogen-bond donors (Lipinski definition) is 2. The van der Waals surface area contributed by atoms with Gasteiger partial charge in [-0.05, 0) is 19.8 Å². The van der Waals surface area contributed by atoms with E-state index in [1.807, 2.05) is 6.92 Å². The summed E-state index contributed by atoms with van der Waals surface area (Å²) >= 11 is 5.04. The number of nitrogens with two attached hydrogens (primary N) is 1. The summed E-state index contributed by atoms with van der Waals surface area (Å²) in [5.41, 5.74) is 5.05. The average Bonchev–Trinajstić information content (AvgIpc) is 2.65. The van der Waals surface area contributed by atoms with E-state index in [9.17, 15) is 9.00 Å². The van der Waals surface area contributed by atoms with Crippen LogP contribution in [-0.4, -0.2) is 33.2 Å². The van der Waals surface area contributed by atoms with E-state index in [-0.39, 0.29) is 16.9 Å². The summed E-state index contributed by atoms with van der Waals surface area (Å²) in [4.78, 5) is 12.5. The smallest absolute Gasteiger partial charge is 0.233 e. The molecular weight excluding hydrogens is 256 g/mol. The fourth-order valence-corrected chi connectivity index (χ4v) is 3.40. The Hall–Kier alpha value is -0.490. The van der Waals surface area contributed by atoms with Gasteiger partial charge in [0.1, 0.15) is 0 Å². The molecule has 0 saturated heterocycles. The van der Waals surface area contributed by atoms with Gasteiger partial charge in [0.15, 0.2) is 0 Å². The molecule has 0 radical (unpaired) electrons. The minimum absolute atomic E-state index is 0.0968. The van der Waals surface area contributed by atoms with Gasteiger partial charge in [-0.15, -0.1) is 0 Å². The number of amides is 1. The second-order valence-corrected chi connectivity index (χ2v) is 6.69. The zero-order chi connectivity index (χ0) is 13.1. The van der Waals surface area contributed by atoms with E-state index in [0.717, 1.165) is 25.7 Å². The molecule has 2 unspecified atom stereocenters. The lowest BCUT2D eigenvalue weighted by Gasteiger charge is -2.28. The van der Waals surface area contributed by atoms with Crippen LogP contribution in [0.25, 0.3) is 0 Å². The van der Waals surface area contributed by atoms with Gasteiger partial charge < -0.3 is 11.1 Å². The molecule has 4 nitrogen and oxygen atoms in total. The third-order valence-electron chi connectivity index (χ3n) is 3.23. The highest BCUT2D eigenvalue weighted by molar-refractivity contribution is 7.84. The Morgan fingerprint density at radius 1 is 1.53 bits per heavy atom. The molecule has 1 aliphatic carbocycles. The van der Waals surface area contributed by atoms with Crippen molar-refractivity contribution in [2.24, 2.45) is 11.1 Å². The van der Waals surface area contributed by atoms with Crippen LogP contribution in [0.15, 0.2) is 0 Å². The third-order valence-corrected chi connectivity index (χ3v) is 4.59. The first kappa shape index (κ1) is 14.6. The van der Waals surface area contributed by atoms with Crippen LogP contribution in [0.3, 0.4) is 0 Å². The fraction of sp³-hybridized carbons (Fsp3) is 0.818. The molecule has 17 heavy (non-hydrogen) atoms. The van der Waals surface area contributed by atoms with E-state index < -0.39 is 16.2 Å². The van der Waals surface area contributed by atoms with Crippen LogP contribution in [0.1, 0.15) is 32.6 Å². The Kier molecular flexibility index (Phi) is 5.06. The minimum Gasteiger partial charge on any atom is -0.392 e. The Balaban J connectivity index is 2.67. The van der Waals surface area contributed by atoms with Gasteiger partial charge in [0, 0.05) is 28.9 Å². The maximum atomic E-state index is 12.2. The van der Waals surface area contributed by atoms with Crippen LogP contribution in [0.5, 0.6) is 0 Å². The van der Waals surface area contributed by atoms with Gasteiger partial charge in [0.05, 0.1) is 10.4 Å². The molecule has 1 aliphatic rings. The monoisotopic (exact) mass is 276 g/mol. The summed E-state index contributed by atoms with van der Waals surface area (Å²) in [5, 5.41) is 2.88. The van der Waals surface area contributed by atoms with Crippen molar-refractivity contribution in [1.29, 1.82) is 0 Å².